The molecule has 0 radical (unpaired) electrons. The second-order valence-electron chi connectivity index (χ2n) is 4.44. The van der Waals surface area contributed by atoms with Gasteiger partial charge in [-0.1, -0.05) is 30.7 Å². The zero-order valence-electron chi connectivity index (χ0n) is 11.5. The van der Waals surface area contributed by atoms with E-state index in [2.05, 4.69) is 22.2 Å². The van der Waals surface area contributed by atoms with Crippen LogP contribution in [0.4, 0.5) is 0 Å². The van der Waals surface area contributed by atoms with Gasteiger partial charge in [0.15, 0.2) is 0 Å². The highest BCUT2D eigenvalue weighted by atomic mass is 35.5. The van der Waals surface area contributed by atoms with Gasteiger partial charge < -0.3 is 10.1 Å². The Morgan fingerprint density at radius 2 is 1.95 bits per heavy atom. The summed E-state index contributed by atoms with van der Waals surface area (Å²) in [7, 11) is 0. The van der Waals surface area contributed by atoms with E-state index in [0.717, 1.165) is 35.8 Å². The van der Waals surface area contributed by atoms with Crippen LogP contribution in [0.2, 0.25) is 5.02 Å². The van der Waals surface area contributed by atoms with Crippen LogP contribution in [0.25, 0.3) is 0 Å². The maximum Gasteiger partial charge on any atom is 0.232 e. The first-order chi connectivity index (χ1) is 9.78. The van der Waals surface area contributed by atoms with Crippen molar-refractivity contribution in [3.05, 3.63) is 52.9 Å². The molecule has 4 nitrogen and oxygen atoms in total. The minimum atomic E-state index is 0.458. The van der Waals surface area contributed by atoms with Crippen LogP contribution in [0, 0.1) is 0 Å². The zero-order valence-corrected chi connectivity index (χ0v) is 12.2. The van der Waals surface area contributed by atoms with Crippen molar-refractivity contribution < 1.29 is 4.74 Å². The third-order valence-corrected chi connectivity index (χ3v) is 2.97. The largest absolute Gasteiger partial charge is 0.472 e. The maximum absolute atomic E-state index is 5.83. The van der Waals surface area contributed by atoms with E-state index in [9.17, 15) is 0 Å². The summed E-state index contributed by atoms with van der Waals surface area (Å²) in [6.45, 7) is 4.31. The molecule has 0 saturated carbocycles. The normalized spacial score (nSPS) is 10.5. The van der Waals surface area contributed by atoms with Gasteiger partial charge in [0.2, 0.25) is 5.88 Å². The summed E-state index contributed by atoms with van der Waals surface area (Å²) in [5.41, 5.74) is 1.96. The summed E-state index contributed by atoms with van der Waals surface area (Å²) < 4.78 is 5.58. The second-order valence-corrected chi connectivity index (χ2v) is 4.87. The lowest BCUT2D eigenvalue weighted by atomic mass is 10.2. The molecule has 106 valence electrons. The molecule has 5 heteroatoms. The molecule has 0 bridgehead atoms. The van der Waals surface area contributed by atoms with Gasteiger partial charge in [0, 0.05) is 11.6 Å². The molecule has 0 spiro atoms. The average molecular weight is 292 g/mol. The molecule has 0 amide bonds. The summed E-state index contributed by atoms with van der Waals surface area (Å²) in [6.07, 6.45) is 4.49. The molecule has 0 atom stereocenters. The van der Waals surface area contributed by atoms with Gasteiger partial charge in [0.25, 0.3) is 0 Å². The molecule has 1 N–H and O–H groups in total. The first-order valence-electron chi connectivity index (χ1n) is 6.67. The van der Waals surface area contributed by atoms with Crippen LogP contribution in [0.1, 0.15) is 24.6 Å². The van der Waals surface area contributed by atoms with Crippen LogP contribution < -0.4 is 10.1 Å². The molecule has 1 aromatic heterocycles. The van der Waals surface area contributed by atoms with Crippen molar-refractivity contribution in [3.63, 3.8) is 0 Å². The van der Waals surface area contributed by atoms with Crippen molar-refractivity contribution in [2.24, 2.45) is 0 Å². The Morgan fingerprint density at radius 3 is 2.60 bits per heavy atom. The average Bonchev–Trinajstić information content (AvgIpc) is 2.48. The number of hydrogen-bond acceptors (Lipinski definition) is 4. The fraction of sp³-hybridized carbons (Fsp3) is 0.333. The molecule has 2 aromatic rings. The number of benzene rings is 1. The topological polar surface area (TPSA) is 47.0 Å². The summed E-state index contributed by atoms with van der Waals surface area (Å²) in [4.78, 5) is 8.55. The van der Waals surface area contributed by atoms with E-state index < -0.39 is 0 Å². The molecule has 1 heterocycles. The van der Waals surface area contributed by atoms with Gasteiger partial charge in [-0.2, -0.15) is 0 Å². The highest BCUT2D eigenvalue weighted by molar-refractivity contribution is 6.30. The molecular formula is C15H18ClN3O. The van der Waals surface area contributed by atoms with E-state index in [1.165, 1.54) is 0 Å². The molecule has 0 aliphatic heterocycles. The Hall–Kier alpha value is -1.65. The first kappa shape index (κ1) is 14.8. The van der Waals surface area contributed by atoms with E-state index >= 15 is 0 Å². The molecule has 0 saturated heterocycles. The van der Waals surface area contributed by atoms with Crippen molar-refractivity contribution >= 4 is 11.6 Å². The molecular weight excluding hydrogens is 274 g/mol. The quantitative estimate of drug-likeness (QED) is 0.796. The van der Waals surface area contributed by atoms with Gasteiger partial charge in [-0.15, -0.1) is 0 Å². The monoisotopic (exact) mass is 291 g/mol. The van der Waals surface area contributed by atoms with E-state index in [1.807, 2.05) is 24.3 Å². The number of nitrogens with one attached hydrogen (secondary N) is 1. The van der Waals surface area contributed by atoms with Crippen LogP contribution in [-0.4, -0.2) is 16.5 Å². The first-order valence-corrected chi connectivity index (χ1v) is 7.04. The Bertz CT molecular complexity index is 514. The smallest absolute Gasteiger partial charge is 0.232 e. The Morgan fingerprint density at radius 1 is 1.15 bits per heavy atom. The van der Waals surface area contributed by atoms with Crippen LogP contribution in [0.15, 0.2) is 36.7 Å². The van der Waals surface area contributed by atoms with Crippen LogP contribution in [-0.2, 0) is 13.2 Å². The highest BCUT2D eigenvalue weighted by Gasteiger charge is 2.00. The number of halogens is 1. The van der Waals surface area contributed by atoms with Crippen molar-refractivity contribution in [3.8, 4) is 5.88 Å². The highest BCUT2D eigenvalue weighted by Crippen LogP contribution is 2.12. The molecule has 20 heavy (non-hydrogen) atoms. The van der Waals surface area contributed by atoms with Gasteiger partial charge in [-0.25, -0.2) is 4.98 Å². The lowest BCUT2D eigenvalue weighted by molar-refractivity contribution is 0.292. The van der Waals surface area contributed by atoms with Crippen molar-refractivity contribution in [1.29, 1.82) is 0 Å². The minimum absolute atomic E-state index is 0.458. The number of ether oxygens (including phenoxy) is 1. The van der Waals surface area contributed by atoms with E-state index in [0.29, 0.717) is 12.5 Å². The maximum atomic E-state index is 5.83. The third-order valence-electron chi connectivity index (χ3n) is 2.71. The summed E-state index contributed by atoms with van der Waals surface area (Å²) in [5.74, 6) is 0.527. The minimum Gasteiger partial charge on any atom is -0.472 e. The van der Waals surface area contributed by atoms with Crippen molar-refractivity contribution in [2.45, 2.75) is 26.5 Å². The van der Waals surface area contributed by atoms with Gasteiger partial charge >= 0.3 is 0 Å². The van der Waals surface area contributed by atoms with Crippen LogP contribution in [0.5, 0.6) is 5.88 Å². The lowest BCUT2D eigenvalue weighted by Crippen LogP contribution is -2.15. The molecule has 0 fully saturated rings. The summed E-state index contributed by atoms with van der Waals surface area (Å²) in [6, 6.07) is 7.54. The Balaban J connectivity index is 1.82. The number of hydrogen-bond donors (Lipinski definition) is 1. The standard InChI is InChI=1S/C15H18ClN3O/c1-2-7-17-8-14-9-19-15(10-18-14)20-11-12-3-5-13(16)6-4-12/h3-6,9-10,17H,2,7-8,11H2,1H3. The van der Waals surface area contributed by atoms with Gasteiger partial charge in [0.1, 0.15) is 6.61 Å². The van der Waals surface area contributed by atoms with E-state index in [1.54, 1.807) is 12.4 Å². The van der Waals surface area contributed by atoms with E-state index in [-0.39, 0.29) is 0 Å². The lowest BCUT2D eigenvalue weighted by Gasteiger charge is -2.06. The Kier molecular flexibility index (Phi) is 5.77. The van der Waals surface area contributed by atoms with Crippen LogP contribution in [0.3, 0.4) is 0 Å². The van der Waals surface area contributed by atoms with Crippen molar-refractivity contribution in [2.75, 3.05) is 6.54 Å². The Labute approximate surface area is 124 Å². The molecule has 0 unspecified atom stereocenters. The summed E-state index contributed by atoms with van der Waals surface area (Å²) >= 11 is 5.83. The fourth-order valence-corrected chi connectivity index (χ4v) is 1.77. The SMILES string of the molecule is CCCNCc1cnc(OCc2ccc(Cl)cc2)cn1. The van der Waals surface area contributed by atoms with Gasteiger partial charge in [0.05, 0.1) is 18.1 Å². The predicted molar refractivity (Wildman–Crippen MR) is 79.8 cm³/mol. The number of rotatable bonds is 7. The van der Waals surface area contributed by atoms with Crippen LogP contribution >= 0.6 is 11.6 Å². The van der Waals surface area contributed by atoms with Crippen molar-refractivity contribution in [1.82, 2.24) is 15.3 Å². The van der Waals surface area contributed by atoms with Gasteiger partial charge in [-0.05, 0) is 30.7 Å². The molecule has 0 aliphatic carbocycles. The summed E-state index contributed by atoms with van der Waals surface area (Å²) in [5, 5.41) is 4.00. The molecule has 1 aromatic carbocycles. The predicted octanol–water partition coefficient (Wildman–Crippen LogP) is 3.21. The fourth-order valence-electron chi connectivity index (χ4n) is 1.64. The molecule has 0 aliphatic rings. The molecule has 2 rings (SSSR count). The third kappa shape index (κ3) is 4.79. The second kappa shape index (κ2) is 7.82. The number of aromatic nitrogens is 2. The zero-order chi connectivity index (χ0) is 14.2. The van der Waals surface area contributed by atoms with E-state index in [4.69, 9.17) is 16.3 Å². The number of nitrogens with zero attached hydrogens (tertiary/aromatic N) is 2. The van der Waals surface area contributed by atoms with Gasteiger partial charge in [-0.3, -0.25) is 4.98 Å².